The Labute approximate surface area is 92.4 Å². The maximum atomic E-state index is 9.34. The summed E-state index contributed by atoms with van der Waals surface area (Å²) in [6.45, 7) is 0. The Hall–Kier alpha value is -1.67. The minimum atomic E-state index is 0.0184. The summed E-state index contributed by atoms with van der Waals surface area (Å²) in [5.41, 5.74) is 1.48. The quantitative estimate of drug-likeness (QED) is 0.773. The zero-order valence-corrected chi connectivity index (χ0v) is 8.57. The number of aromatic hydroxyl groups is 2. The van der Waals surface area contributed by atoms with E-state index in [2.05, 4.69) is 0 Å². The molecule has 0 aliphatic rings. The van der Waals surface area contributed by atoms with Crippen molar-refractivity contribution < 1.29 is 10.2 Å². The van der Waals surface area contributed by atoms with Crippen LogP contribution in [0.5, 0.6) is 11.5 Å². The van der Waals surface area contributed by atoms with Crippen LogP contribution in [0, 0.1) is 0 Å². The number of benzene rings is 2. The van der Waals surface area contributed by atoms with Crippen LogP contribution in [-0.2, 0) is 0 Å². The van der Waals surface area contributed by atoms with Crippen LogP contribution in [-0.4, -0.2) is 10.2 Å². The van der Waals surface area contributed by atoms with Gasteiger partial charge in [0.1, 0.15) is 11.5 Å². The number of hydrogen-bond acceptors (Lipinski definition) is 2. The normalized spacial score (nSPS) is 10.2. The van der Waals surface area contributed by atoms with Gasteiger partial charge in [-0.25, -0.2) is 0 Å². The van der Waals surface area contributed by atoms with Crippen molar-refractivity contribution in [3.8, 4) is 22.6 Å². The van der Waals surface area contributed by atoms with Crippen LogP contribution in [0.2, 0.25) is 5.02 Å². The fraction of sp³-hybridized carbons (Fsp3) is 0. The average molecular weight is 221 g/mol. The van der Waals surface area contributed by atoms with Crippen LogP contribution in [0.25, 0.3) is 11.1 Å². The number of rotatable bonds is 1. The van der Waals surface area contributed by atoms with Crippen molar-refractivity contribution in [2.75, 3.05) is 0 Å². The van der Waals surface area contributed by atoms with Crippen molar-refractivity contribution >= 4 is 11.6 Å². The lowest BCUT2D eigenvalue weighted by atomic mass is 10.1. The standard InChI is InChI=1S/C12H9ClO2/c13-12-4-2-1-3-11(12)8-5-9(14)7-10(15)6-8/h1-7,14-15H. The fourth-order valence-corrected chi connectivity index (χ4v) is 1.69. The van der Waals surface area contributed by atoms with Crippen molar-refractivity contribution in [1.29, 1.82) is 0 Å². The molecule has 76 valence electrons. The minimum Gasteiger partial charge on any atom is -0.508 e. The molecule has 0 atom stereocenters. The van der Waals surface area contributed by atoms with E-state index in [-0.39, 0.29) is 11.5 Å². The second-order valence-corrected chi connectivity index (χ2v) is 3.63. The predicted octanol–water partition coefficient (Wildman–Crippen LogP) is 3.42. The van der Waals surface area contributed by atoms with Crippen molar-refractivity contribution in [3.63, 3.8) is 0 Å². The molecule has 15 heavy (non-hydrogen) atoms. The summed E-state index contributed by atoms with van der Waals surface area (Å²) in [5, 5.41) is 19.3. The van der Waals surface area contributed by atoms with Gasteiger partial charge in [0.25, 0.3) is 0 Å². The van der Waals surface area contributed by atoms with Gasteiger partial charge in [-0.15, -0.1) is 0 Å². The van der Waals surface area contributed by atoms with E-state index < -0.39 is 0 Å². The summed E-state index contributed by atoms with van der Waals surface area (Å²) < 4.78 is 0. The summed E-state index contributed by atoms with van der Waals surface area (Å²) in [4.78, 5) is 0. The van der Waals surface area contributed by atoms with Crippen molar-refractivity contribution in [2.24, 2.45) is 0 Å². The topological polar surface area (TPSA) is 40.5 Å². The number of hydrogen-bond donors (Lipinski definition) is 2. The molecule has 0 unspecified atom stereocenters. The Bertz CT molecular complexity index is 474. The molecule has 0 aliphatic heterocycles. The zero-order valence-electron chi connectivity index (χ0n) is 7.81. The lowest BCUT2D eigenvalue weighted by Gasteiger charge is -2.05. The molecule has 3 heteroatoms. The lowest BCUT2D eigenvalue weighted by Crippen LogP contribution is -1.79. The molecule has 0 fully saturated rings. The monoisotopic (exact) mass is 220 g/mol. The van der Waals surface area contributed by atoms with Gasteiger partial charge in [-0.2, -0.15) is 0 Å². The van der Waals surface area contributed by atoms with Crippen LogP contribution in [0.3, 0.4) is 0 Å². The van der Waals surface area contributed by atoms with E-state index >= 15 is 0 Å². The third-order valence-electron chi connectivity index (χ3n) is 2.09. The van der Waals surface area contributed by atoms with Gasteiger partial charge in [0.05, 0.1) is 0 Å². The molecule has 0 bridgehead atoms. The van der Waals surface area contributed by atoms with E-state index in [0.29, 0.717) is 10.6 Å². The highest BCUT2D eigenvalue weighted by atomic mass is 35.5. The first kappa shape index (κ1) is 9.87. The van der Waals surface area contributed by atoms with Crippen molar-refractivity contribution in [1.82, 2.24) is 0 Å². The number of phenols is 2. The first-order valence-corrected chi connectivity index (χ1v) is 4.82. The van der Waals surface area contributed by atoms with Gasteiger partial charge in [-0.05, 0) is 23.8 Å². The lowest BCUT2D eigenvalue weighted by molar-refractivity contribution is 0.451. The van der Waals surface area contributed by atoms with Gasteiger partial charge in [-0.1, -0.05) is 29.8 Å². The molecule has 0 saturated heterocycles. The van der Waals surface area contributed by atoms with Crippen LogP contribution >= 0.6 is 11.6 Å². The van der Waals surface area contributed by atoms with Crippen molar-refractivity contribution in [3.05, 3.63) is 47.5 Å². The highest BCUT2D eigenvalue weighted by molar-refractivity contribution is 6.33. The smallest absolute Gasteiger partial charge is 0.119 e. The fourth-order valence-electron chi connectivity index (χ4n) is 1.45. The average Bonchev–Trinajstić information content (AvgIpc) is 2.16. The maximum absolute atomic E-state index is 9.34. The number of halogens is 1. The SMILES string of the molecule is Oc1cc(O)cc(-c2ccccc2Cl)c1. The van der Waals surface area contributed by atoms with Gasteiger partial charge in [0, 0.05) is 16.7 Å². The molecule has 0 radical (unpaired) electrons. The second kappa shape index (κ2) is 3.83. The second-order valence-electron chi connectivity index (χ2n) is 3.22. The summed E-state index contributed by atoms with van der Waals surface area (Å²) in [6.07, 6.45) is 0. The van der Waals surface area contributed by atoms with Crippen LogP contribution in [0.1, 0.15) is 0 Å². The molecule has 0 aromatic heterocycles. The van der Waals surface area contributed by atoms with E-state index in [0.717, 1.165) is 5.56 Å². The van der Waals surface area contributed by atoms with Gasteiger partial charge in [0.2, 0.25) is 0 Å². The predicted molar refractivity (Wildman–Crippen MR) is 60.2 cm³/mol. The first-order chi connectivity index (χ1) is 7.16. The van der Waals surface area contributed by atoms with E-state index in [9.17, 15) is 10.2 Å². The Kier molecular flexibility index (Phi) is 2.52. The zero-order chi connectivity index (χ0) is 10.8. The third-order valence-corrected chi connectivity index (χ3v) is 2.42. The van der Waals surface area contributed by atoms with Gasteiger partial charge < -0.3 is 10.2 Å². The molecular formula is C12H9ClO2. The summed E-state index contributed by atoms with van der Waals surface area (Å²) >= 11 is 6.00. The highest BCUT2D eigenvalue weighted by Crippen LogP contribution is 2.32. The molecule has 0 saturated carbocycles. The molecule has 2 rings (SSSR count). The minimum absolute atomic E-state index is 0.0184. The van der Waals surface area contributed by atoms with E-state index in [4.69, 9.17) is 11.6 Å². The molecule has 2 N–H and O–H groups in total. The van der Waals surface area contributed by atoms with Crippen LogP contribution in [0.15, 0.2) is 42.5 Å². The first-order valence-electron chi connectivity index (χ1n) is 4.45. The summed E-state index contributed by atoms with van der Waals surface area (Å²) in [7, 11) is 0. The van der Waals surface area contributed by atoms with E-state index in [1.807, 2.05) is 18.2 Å². The highest BCUT2D eigenvalue weighted by Gasteiger charge is 2.05. The van der Waals surface area contributed by atoms with Gasteiger partial charge in [0.15, 0.2) is 0 Å². The van der Waals surface area contributed by atoms with E-state index in [1.165, 1.54) is 6.07 Å². The van der Waals surface area contributed by atoms with Gasteiger partial charge in [-0.3, -0.25) is 0 Å². The van der Waals surface area contributed by atoms with Crippen LogP contribution in [0.4, 0.5) is 0 Å². The Morgan fingerprint density at radius 2 is 1.47 bits per heavy atom. The number of phenolic OH excluding ortho intramolecular Hbond substituents is 2. The molecule has 2 aromatic rings. The van der Waals surface area contributed by atoms with Crippen molar-refractivity contribution in [2.45, 2.75) is 0 Å². The van der Waals surface area contributed by atoms with Gasteiger partial charge >= 0.3 is 0 Å². The summed E-state index contributed by atoms with van der Waals surface area (Å²) in [6, 6.07) is 11.7. The third kappa shape index (κ3) is 2.05. The molecule has 0 heterocycles. The Balaban J connectivity index is 2.59. The molecular weight excluding hydrogens is 212 g/mol. The molecule has 2 aromatic carbocycles. The Morgan fingerprint density at radius 3 is 2.07 bits per heavy atom. The molecule has 0 spiro atoms. The molecule has 2 nitrogen and oxygen atoms in total. The molecule has 0 aliphatic carbocycles. The molecule has 0 amide bonds. The van der Waals surface area contributed by atoms with E-state index in [1.54, 1.807) is 18.2 Å². The Morgan fingerprint density at radius 1 is 0.867 bits per heavy atom. The largest absolute Gasteiger partial charge is 0.508 e. The van der Waals surface area contributed by atoms with Crippen LogP contribution < -0.4 is 0 Å². The summed E-state index contributed by atoms with van der Waals surface area (Å²) in [5.74, 6) is 0.0369. The maximum Gasteiger partial charge on any atom is 0.119 e.